The molecule has 0 saturated carbocycles. The van der Waals surface area contributed by atoms with Crippen LogP contribution in [0.4, 0.5) is 0 Å². The van der Waals surface area contributed by atoms with Crippen molar-refractivity contribution in [2.45, 2.75) is 26.1 Å². The van der Waals surface area contributed by atoms with Gasteiger partial charge >= 0.3 is 0 Å². The minimum atomic E-state index is -0.692. The normalized spacial score (nSPS) is 18.8. The molecule has 17 heavy (non-hydrogen) atoms. The monoisotopic (exact) mass is 237 g/mol. The highest BCUT2D eigenvalue weighted by Crippen LogP contribution is 2.20. The van der Waals surface area contributed by atoms with Crippen LogP contribution in [0.2, 0.25) is 0 Å². The number of hydroxylamine groups is 2. The first-order chi connectivity index (χ1) is 7.99. The van der Waals surface area contributed by atoms with Crippen molar-refractivity contribution in [1.29, 1.82) is 0 Å². The number of nitrogens with two attached hydrogens (primary N) is 2. The Morgan fingerprint density at radius 3 is 2.82 bits per heavy atom. The van der Waals surface area contributed by atoms with Gasteiger partial charge in [-0.15, -0.1) is 0 Å². The van der Waals surface area contributed by atoms with E-state index in [0.717, 1.165) is 0 Å². The highest BCUT2D eigenvalue weighted by atomic mass is 16.7. The van der Waals surface area contributed by atoms with E-state index in [4.69, 9.17) is 20.7 Å². The zero-order valence-electron chi connectivity index (χ0n) is 9.75. The van der Waals surface area contributed by atoms with Crippen LogP contribution in [0.5, 0.6) is 0 Å². The number of nitrogens with zero attached hydrogens (tertiary/aromatic N) is 3. The molecule has 0 aliphatic carbocycles. The maximum Gasteiger partial charge on any atom is 0.226 e. The van der Waals surface area contributed by atoms with E-state index in [2.05, 4.69) is 9.98 Å². The third-order valence-electron chi connectivity index (χ3n) is 2.24. The number of furan rings is 1. The second-order valence-corrected chi connectivity index (χ2v) is 4.08. The Morgan fingerprint density at radius 1 is 1.47 bits per heavy atom. The fourth-order valence-electron chi connectivity index (χ4n) is 1.54. The molecule has 2 heterocycles. The summed E-state index contributed by atoms with van der Waals surface area (Å²) in [6.07, 6.45) is 1.58. The fourth-order valence-corrected chi connectivity index (χ4v) is 1.54. The van der Waals surface area contributed by atoms with Crippen molar-refractivity contribution in [1.82, 2.24) is 5.06 Å². The molecule has 0 saturated heterocycles. The summed E-state index contributed by atoms with van der Waals surface area (Å²) >= 11 is 0. The van der Waals surface area contributed by atoms with Crippen LogP contribution in [-0.2, 0) is 11.4 Å². The molecule has 0 unspecified atom stereocenters. The Hall–Kier alpha value is -2.02. The molecule has 1 aliphatic rings. The Kier molecular flexibility index (Phi) is 2.76. The summed E-state index contributed by atoms with van der Waals surface area (Å²) in [4.78, 5) is 13.5. The molecule has 1 aromatic heterocycles. The largest absolute Gasteiger partial charge is 0.467 e. The van der Waals surface area contributed by atoms with Gasteiger partial charge in [-0.25, -0.2) is 4.99 Å². The number of hydrogen-bond acceptors (Lipinski definition) is 7. The predicted molar refractivity (Wildman–Crippen MR) is 62.7 cm³/mol. The molecule has 2 rings (SSSR count). The molecule has 4 N–H and O–H groups in total. The van der Waals surface area contributed by atoms with Crippen molar-refractivity contribution >= 4 is 11.9 Å². The summed E-state index contributed by atoms with van der Waals surface area (Å²) in [5.74, 6) is 1.01. The molecule has 0 amide bonds. The van der Waals surface area contributed by atoms with Crippen LogP contribution in [0.25, 0.3) is 0 Å². The number of guanidine groups is 2. The van der Waals surface area contributed by atoms with Crippen molar-refractivity contribution in [2.24, 2.45) is 21.5 Å². The van der Waals surface area contributed by atoms with Gasteiger partial charge in [0.1, 0.15) is 12.4 Å². The van der Waals surface area contributed by atoms with Crippen LogP contribution in [-0.4, -0.2) is 22.6 Å². The van der Waals surface area contributed by atoms with Gasteiger partial charge < -0.3 is 15.9 Å². The highest BCUT2D eigenvalue weighted by molar-refractivity contribution is 5.95. The van der Waals surface area contributed by atoms with E-state index >= 15 is 0 Å². The van der Waals surface area contributed by atoms with Crippen LogP contribution >= 0.6 is 0 Å². The van der Waals surface area contributed by atoms with E-state index in [1.165, 1.54) is 5.06 Å². The van der Waals surface area contributed by atoms with E-state index in [0.29, 0.717) is 5.76 Å². The van der Waals surface area contributed by atoms with Crippen LogP contribution < -0.4 is 11.5 Å². The second-order valence-electron chi connectivity index (χ2n) is 4.08. The van der Waals surface area contributed by atoms with Crippen molar-refractivity contribution in [3.8, 4) is 0 Å². The second kappa shape index (κ2) is 4.10. The van der Waals surface area contributed by atoms with Crippen molar-refractivity contribution in [2.75, 3.05) is 0 Å². The Morgan fingerprint density at radius 2 is 2.24 bits per heavy atom. The first kappa shape index (κ1) is 11.5. The molecule has 0 bridgehead atoms. The number of rotatable bonds is 3. The van der Waals surface area contributed by atoms with Crippen molar-refractivity contribution < 1.29 is 9.25 Å². The van der Waals surface area contributed by atoms with Gasteiger partial charge in [-0.05, 0) is 26.0 Å². The van der Waals surface area contributed by atoms with Gasteiger partial charge in [0.05, 0.1) is 6.26 Å². The SMILES string of the molecule is CC1(C)N=C(N)N=C(N)N1OCc1ccco1. The van der Waals surface area contributed by atoms with Gasteiger partial charge in [-0.3, -0.25) is 4.84 Å². The lowest BCUT2D eigenvalue weighted by Gasteiger charge is -2.36. The van der Waals surface area contributed by atoms with E-state index in [1.807, 2.05) is 19.9 Å². The van der Waals surface area contributed by atoms with Crippen molar-refractivity contribution in [3.05, 3.63) is 24.2 Å². The topological polar surface area (TPSA) is 102 Å². The summed E-state index contributed by atoms with van der Waals surface area (Å²) in [6.45, 7) is 3.90. The lowest BCUT2D eigenvalue weighted by molar-refractivity contribution is -0.170. The quantitative estimate of drug-likeness (QED) is 0.791. The molecule has 0 atom stereocenters. The van der Waals surface area contributed by atoms with Crippen LogP contribution in [0.1, 0.15) is 19.6 Å². The number of hydrogen-bond donors (Lipinski definition) is 2. The first-order valence-electron chi connectivity index (χ1n) is 5.14. The lowest BCUT2D eigenvalue weighted by atomic mass is 10.2. The molecule has 92 valence electrons. The smallest absolute Gasteiger partial charge is 0.226 e. The summed E-state index contributed by atoms with van der Waals surface area (Å²) in [7, 11) is 0. The minimum Gasteiger partial charge on any atom is -0.467 e. The van der Waals surface area contributed by atoms with E-state index in [1.54, 1.807) is 12.3 Å². The Bertz CT molecular complexity index is 449. The fraction of sp³-hybridized carbons (Fsp3) is 0.400. The molecule has 7 nitrogen and oxygen atoms in total. The molecule has 1 aromatic rings. The summed E-state index contributed by atoms with van der Waals surface area (Å²) in [5, 5.41) is 1.41. The van der Waals surface area contributed by atoms with Gasteiger partial charge in [-0.2, -0.15) is 10.1 Å². The molecule has 1 aliphatic heterocycles. The summed E-state index contributed by atoms with van der Waals surface area (Å²) < 4.78 is 5.16. The molecule has 0 aromatic carbocycles. The highest BCUT2D eigenvalue weighted by Gasteiger charge is 2.33. The molecular formula is C10H15N5O2. The average molecular weight is 237 g/mol. The van der Waals surface area contributed by atoms with Crippen molar-refractivity contribution in [3.63, 3.8) is 0 Å². The molecular weight excluding hydrogens is 222 g/mol. The zero-order valence-corrected chi connectivity index (χ0v) is 9.75. The summed E-state index contributed by atoms with van der Waals surface area (Å²) in [5.41, 5.74) is 10.6. The molecule has 7 heteroatoms. The molecule has 0 fully saturated rings. The van der Waals surface area contributed by atoms with Crippen LogP contribution in [0.3, 0.4) is 0 Å². The number of aliphatic imine (C=N–C) groups is 2. The third-order valence-corrected chi connectivity index (χ3v) is 2.24. The molecule has 0 radical (unpaired) electrons. The Balaban J connectivity index is 2.08. The Labute approximate surface area is 98.7 Å². The van der Waals surface area contributed by atoms with E-state index < -0.39 is 5.66 Å². The summed E-state index contributed by atoms with van der Waals surface area (Å²) in [6, 6.07) is 3.59. The molecule has 0 spiro atoms. The predicted octanol–water partition coefficient (Wildman–Crippen LogP) is 0.392. The van der Waals surface area contributed by atoms with Crippen LogP contribution in [0.15, 0.2) is 32.8 Å². The maximum atomic E-state index is 5.74. The van der Waals surface area contributed by atoms with Gasteiger partial charge in [0, 0.05) is 0 Å². The van der Waals surface area contributed by atoms with Gasteiger partial charge in [0.15, 0.2) is 5.66 Å². The first-order valence-corrected chi connectivity index (χ1v) is 5.14. The average Bonchev–Trinajstić information content (AvgIpc) is 2.67. The lowest BCUT2D eigenvalue weighted by Crippen LogP contribution is -2.53. The standard InChI is InChI=1S/C10H15N5O2/c1-10(2)14-8(11)13-9(12)15(10)17-6-7-4-3-5-16-7/h3-5H,6H2,1-2H3,(H4,11,12,13,14). The maximum absolute atomic E-state index is 5.74. The third kappa shape index (κ3) is 2.39. The van der Waals surface area contributed by atoms with Gasteiger partial charge in [-0.1, -0.05) is 0 Å². The zero-order chi connectivity index (χ0) is 12.5. The van der Waals surface area contributed by atoms with E-state index in [-0.39, 0.29) is 18.5 Å². The van der Waals surface area contributed by atoms with Gasteiger partial charge in [0.2, 0.25) is 11.9 Å². The van der Waals surface area contributed by atoms with E-state index in [9.17, 15) is 0 Å². The van der Waals surface area contributed by atoms with Gasteiger partial charge in [0.25, 0.3) is 0 Å². The van der Waals surface area contributed by atoms with Crippen LogP contribution in [0, 0.1) is 0 Å². The minimum absolute atomic E-state index is 0.144.